The summed E-state index contributed by atoms with van der Waals surface area (Å²) in [5.41, 5.74) is 2.09. The fourth-order valence-electron chi connectivity index (χ4n) is 3.60. The topological polar surface area (TPSA) is 50.4 Å². The largest absolute Gasteiger partial charge is 0.457 e. The summed E-state index contributed by atoms with van der Waals surface area (Å²) in [6, 6.07) is 15.7. The fraction of sp³-hybridized carbons (Fsp3) is 0.435. The van der Waals surface area contributed by atoms with Gasteiger partial charge in [0.15, 0.2) is 0 Å². The Bertz CT molecular complexity index is 704. The second-order valence-electron chi connectivity index (χ2n) is 7.41. The van der Waals surface area contributed by atoms with Crippen molar-refractivity contribution >= 4 is 11.6 Å². The molecular formula is C23H30N2O2. The predicted octanol–water partition coefficient (Wildman–Crippen LogP) is 5.15. The molecule has 2 N–H and O–H groups in total. The van der Waals surface area contributed by atoms with E-state index in [2.05, 4.69) is 22.8 Å². The van der Waals surface area contributed by atoms with Crippen LogP contribution >= 0.6 is 0 Å². The molecule has 0 atom stereocenters. The third-order valence-corrected chi connectivity index (χ3v) is 5.08. The van der Waals surface area contributed by atoms with Crippen molar-refractivity contribution in [1.29, 1.82) is 0 Å². The summed E-state index contributed by atoms with van der Waals surface area (Å²) in [6.07, 6.45) is 8.06. The Morgan fingerprint density at radius 3 is 2.22 bits per heavy atom. The zero-order chi connectivity index (χ0) is 18.9. The molecule has 0 saturated heterocycles. The number of anilines is 1. The minimum absolute atomic E-state index is 0.0764. The summed E-state index contributed by atoms with van der Waals surface area (Å²) >= 11 is 0. The lowest BCUT2D eigenvalue weighted by atomic mass is 9.89. The van der Waals surface area contributed by atoms with Crippen LogP contribution in [0.2, 0.25) is 0 Å². The molecule has 0 heterocycles. The molecule has 1 saturated carbocycles. The van der Waals surface area contributed by atoms with Gasteiger partial charge in [0.1, 0.15) is 11.5 Å². The van der Waals surface area contributed by atoms with Gasteiger partial charge in [-0.1, -0.05) is 31.4 Å². The Balaban J connectivity index is 1.41. The van der Waals surface area contributed by atoms with E-state index in [0.717, 1.165) is 42.6 Å². The highest BCUT2D eigenvalue weighted by Gasteiger charge is 2.12. The van der Waals surface area contributed by atoms with E-state index in [1.54, 1.807) is 0 Å². The molecule has 2 aromatic rings. The molecule has 1 fully saturated rings. The van der Waals surface area contributed by atoms with Crippen molar-refractivity contribution in [3.63, 3.8) is 0 Å². The van der Waals surface area contributed by atoms with E-state index in [9.17, 15) is 4.79 Å². The first kappa shape index (κ1) is 19.4. The van der Waals surface area contributed by atoms with Crippen molar-refractivity contribution in [2.75, 3.05) is 18.4 Å². The van der Waals surface area contributed by atoms with Gasteiger partial charge in [0, 0.05) is 12.6 Å². The van der Waals surface area contributed by atoms with Crippen molar-refractivity contribution in [2.24, 2.45) is 5.92 Å². The van der Waals surface area contributed by atoms with E-state index in [1.165, 1.54) is 44.6 Å². The molecule has 0 bridgehead atoms. The molecule has 4 heteroatoms. The van der Waals surface area contributed by atoms with Gasteiger partial charge in [-0.15, -0.1) is 0 Å². The molecule has 0 radical (unpaired) electrons. The smallest absolute Gasteiger partial charge is 0.221 e. The summed E-state index contributed by atoms with van der Waals surface area (Å²) in [6.45, 7) is 3.69. The minimum Gasteiger partial charge on any atom is -0.457 e. The zero-order valence-corrected chi connectivity index (χ0v) is 16.2. The fourth-order valence-corrected chi connectivity index (χ4v) is 3.60. The maximum Gasteiger partial charge on any atom is 0.221 e. The SMILES string of the molecule is CC(=O)Nc1ccc(Oc2ccc(CCNCC3CCCCC3)cc2)cc1. The molecule has 0 spiro atoms. The van der Waals surface area contributed by atoms with Gasteiger partial charge in [-0.3, -0.25) is 4.79 Å². The van der Waals surface area contributed by atoms with Crippen molar-refractivity contribution in [3.05, 3.63) is 54.1 Å². The summed E-state index contributed by atoms with van der Waals surface area (Å²) in [4.78, 5) is 11.0. The van der Waals surface area contributed by atoms with Crippen LogP contribution in [0.4, 0.5) is 5.69 Å². The highest BCUT2D eigenvalue weighted by atomic mass is 16.5. The second-order valence-corrected chi connectivity index (χ2v) is 7.41. The van der Waals surface area contributed by atoms with E-state index in [1.807, 2.05) is 36.4 Å². The Hall–Kier alpha value is -2.33. The lowest BCUT2D eigenvalue weighted by molar-refractivity contribution is -0.114. The van der Waals surface area contributed by atoms with Gasteiger partial charge in [0.2, 0.25) is 5.91 Å². The highest BCUT2D eigenvalue weighted by Crippen LogP contribution is 2.24. The average Bonchev–Trinajstić information content (AvgIpc) is 2.68. The summed E-state index contributed by atoms with van der Waals surface area (Å²) < 4.78 is 5.87. The number of carbonyl (C=O) groups is 1. The van der Waals surface area contributed by atoms with Crippen molar-refractivity contribution in [2.45, 2.75) is 45.4 Å². The third-order valence-electron chi connectivity index (χ3n) is 5.08. The lowest BCUT2D eigenvalue weighted by Gasteiger charge is -2.21. The maximum atomic E-state index is 11.0. The number of hydrogen-bond acceptors (Lipinski definition) is 3. The summed E-state index contributed by atoms with van der Waals surface area (Å²) in [5.74, 6) is 2.38. The molecule has 0 unspecified atom stereocenters. The monoisotopic (exact) mass is 366 g/mol. The van der Waals surface area contributed by atoms with Crippen molar-refractivity contribution < 1.29 is 9.53 Å². The molecule has 27 heavy (non-hydrogen) atoms. The quantitative estimate of drug-likeness (QED) is 0.635. The van der Waals surface area contributed by atoms with Gasteiger partial charge in [-0.2, -0.15) is 0 Å². The Morgan fingerprint density at radius 1 is 0.963 bits per heavy atom. The Kier molecular flexibility index (Phi) is 7.28. The molecule has 1 aliphatic rings. The van der Waals surface area contributed by atoms with E-state index in [-0.39, 0.29) is 5.91 Å². The average molecular weight is 367 g/mol. The normalized spacial score (nSPS) is 14.7. The molecule has 0 aromatic heterocycles. The van der Waals surface area contributed by atoms with Gasteiger partial charge in [0.05, 0.1) is 0 Å². The van der Waals surface area contributed by atoms with Gasteiger partial charge in [0.25, 0.3) is 0 Å². The summed E-state index contributed by atoms with van der Waals surface area (Å²) in [7, 11) is 0. The molecule has 2 aromatic carbocycles. The molecule has 0 aliphatic heterocycles. The van der Waals surface area contributed by atoms with Crippen LogP contribution in [0.1, 0.15) is 44.6 Å². The first-order valence-corrected chi connectivity index (χ1v) is 10.0. The van der Waals surface area contributed by atoms with Crippen LogP contribution < -0.4 is 15.4 Å². The van der Waals surface area contributed by atoms with E-state index in [4.69, 9.17) is 4.74 Å². The molecule has 4 nitrogen and oxygen atoms in total. The number of rotatable bonds is 8. The van der Waals surface area contributed by atoms with Crippen LogP contribution in [-0.4, -0.2) is 19.0 Å². The summed E-state index contributed by atoms with van der Waals surface area (Å²) in [5, 5.41) is 6.36. The number of ether oxygens (including phenoxy) is 1. The standard InChI is InChI=1S/C23H30N2O2/c1-18(26)25-21-9-13-23(14-10-21)27-22-11-7-19(8-12-22)15-16-24-17-20-5-3-2-4-6-20/h7-14,20,24H,2-6,15-17H2,1H3,(H,25,26). The number of nitrogens with one attached hydrogen (secondary N) is 2. The first-order valence-electron chi connectivity index (χ1n) is 10.0. The number of benzene rings is 2. The number of carbonyl (C=O) groups excluding carboxylic acids is 1. The van der Waals surface area contributed by atoms with Crippen LogP contribution in [0.25, 0.3) is 0 Å². The Morgan fingerprint density at radius 2 is 1.59 bits per heavy atom. The number of amides is 1. The molecule has 1 aliphatic carbocycles. The zero-order valence-electron chi connectivity index (χ0n) is 16.2. The highest BCUT2D eigenvalue weighted by molar-refractivity contribution is 5.88. The molecule has 1 amide bonds. The van der Waals surface area contributed by atoms with Crippen LogP contribution in [0.5, 0.6) is 11.5 Å². The van der Waals surface area contributed by atoms with Crippen LogP contribution in [-0.2, 0) is 11.2 Å². The first-order chi connectivity index (χ1) is 13.2. The predicted molar refractivity (Wildman–Crippen MR) is 110 cm³/mol. The van der Waals surface area contributed by atoms with Gasteiger partial charge < -0.3 is 15.4 Å². The van der Waals surface area contributed by atoms with Crippen LogP contribution in [0, 0.1) is 5.92 Å². The second kappa shape index (κ2) is 10.1. The van der Waals surface area contributed by atoms with E-state index < -0.39 is 0 Å². The van der Waals surface area contributed by atoms with Crippen LogP contribution in [0.15, 0.2) is 48.5 Å². The molecular weight excluding hydrogens is 336 g/mol. The Labute approximate surface area is 162 Å². The maximum absolute atomic E-state index is 11.0. The van der Waals surface area contributed by atoms with Gasteiger partial charge in [-0.25, -0.2) is 0 Å². The number of hydrogen-bond donors (Lipinski definition) is 2. The van der Waals surface area contributed by atoms with Crippen LogP contribution in [0.3, 0.4) is 0 Å². The van der Waals surface area contributed by atoms with Gasteiger partial charge >= 0.3 is 0 Å². The van der Waals surface area contributed by atoms with Crippen molar-refractivity contribution in [3.8, 4) is 11.5 Å². The third kappa shape index (κ3) is 6.72. The molecule has 3 rings (SSSR count). The lowest BCUT2D eigenvalue weighted by Crippen LogP contribution is -2.26. The van der Waals surface area contributed by atoms with E-state index in [0.29, 0.717) is 0 Å². The molecule has 144 valence electrons. The minimum atomic E-state index is -0.0764. The van der Waals surface area contributed by atoms with E-state index >= 15 is 0 Å². The van der Waals surface area contributed by atoms with Crippen molar-refractivity contribution in [1.82, 2.24) is 5.32 Å². The van der Waals surface area contributed by atoms with Gasteiger partial charge in [-0.05, 0) is 80.2 Å².